The van der Waals surface area contributed by atoms with Crippen LogP contribution in [0.15, 0.2) is 4.52 Å². The monoisotopic (exact) mass is 201 g/mol. The molecule has 0 aromatic carbocycles. The molecule has 0 spiro atoms. The van der Waals surface area contributed by atoms with Gasteiger partial charge in [0.1, 0.15) is 0 Å². The molecule has 1 atom stereocenters. The van der Waals surface area contributed by atoms with E-state index >= 15 is 0 Å². The molecule has 74 valence electrons. The predicted octanol–water partition coefficient (Wildman–Crippen LogP) is 1.35. The molecule has 1 aromatic heterocycles. The van der Waals surface area contributed by atoms with Gasteiger partial charge in [0.2, 0.25) is 5.89 Å². The van der Waals surface area contributed by atoms with Crippen molar-refractivity contribution in [2.45, 2.75) is 31.3 Å². The van der Waals surface area contributed by atoms with Crippen LogP contribution in [0, 0.1) is 6.92 Å². The van der Waals surface area contributed by atoms with Gasteiger partial charge in [0.05, 0.1) is 5.75 Å². The maximum absolute atomic E-state index is 5.44. The van der Waals surface area contributed by atoms with E-state index in [0.717, 1.165) is 24.5 Å². The van der Waals surface area contributed by atoms with Crippen molar-refractivity contribution in [1.82, 2.24) is 10.1 Å². The highest BCUT2D eigenvalue weighted by atomic mass is 32.2. The first kappa shape index (κ1) is 10.5. The number of nitrogens with two attached hydrogens (primary N) is 1. The fourth-order valence-electron chi connectivity index (χ4n) is 0.935. The number of nitrogens with zero attached hydrogens (tertiary/aromatic N) is 2. The fraction of sp³-hybridized carbons (Fsp3) is 0.750. The summed E-state index contributed by atoms with van der Waals surface area (Å²) in [6, 6.07) is 0. The summed E-state index contributed by atoms with van der Waals surface area (Å²) < 4.78 is 4.86. The minimum Gasteiger partial charge on any atom is -0.340 e. The fourth-order valence-corrected chi connectivity index (χ4v) is 1.79. The predicted molar refractivity (Wildman–Crippen MR) is 53.5 cm³/mol. The standard InChI is InChI=1S/C8H15N3OS/c1-6(3-4-9)13-5-8-10-7(2)12-11-8/h6H,3-5,9H2,1-2H3. The van der Waals surface area contributed by atoms with Crippen molar-refractivity contribution in [3.05, 3.63) is 11.7 Å². The molecule has 0 amide bonds. The third-order valence-electron chi connectivity index (χ3n) is 1.64. The number of hydrogen-bond acceptors (Lipinski definition) is 5. The second-order valence-corrected chi connectivity index (χ2v) is 4.36. The lowest BCUT2D eigenvalue weighted by Gasteiger charge is -2.06. The van der Waals surface area contributed by atoms with Crippen molar-refractivity contribution in [1.29, 1.82) is 0 Å². The SMILES string of the molecule is Cc1nc(CSC(C)CCN)no1. The number of aromatic nitrogens is 2. The lowest BCUT2D eigenvalue weighted by Crippen LogP contribution is -2.07. The van der Waals surface area contributed by atoms with Crippen LogP contribution in [-0.2, 0) is 5.75 Å². The molecule has 0 aliphatic carbocycles. The van der Waals surface area contributed by atoms with Crippen LogP contribution in [0.4, 0.5) is 0 Å². The smallest absolute Gasteiger partial charge is 0.223 e. The van der Waals surface area contributed by atoms with Gasteiger partial charge in [0.15, 0.2) is 5.82 Å². The molecule has 1 unspecified atom stereocenters. The molecule has 0 fully saturated rings. The molecule has 13 heavy (non-hydrogen) atoms. The summed E-state index contributed by atoms with van der Waals surface area (Å²) in [5.41, 5.74) is 5.44. The van der Waals surface area contributed by atoms with Gasteiger partial charge in [-0.25, -0.2) is 0 Å². The van der Waals surface area contributed by atoms with Crippen molar-refractivity contribution in [2.75, 3.05) is 6.54 Å². The molecule has 0 aliphatic rings. The average Bonchev–Trinajstić information content (AvgIpc) is 2.49. The highest BCUT2D eigenvalue weighted by molar-refractivity contribution is 7.99. The Kier molecular flexibility index (Phi) is 4.24. The summed E-state index contributed by atoms with van der Waals surface area (Å²) >= 11 is 1.80. The Morgan fingerprint density at radius 2 is 2.38 bits per heavy atom. The zero-order chi connectivity index (χ0) is 9.68. The van der Waals surface area contributed by atoms with Crippen molar-refractivity contribution >= 4 is 11.8 Å². The minimum atomic E-state index is 0.559. The van der Waals surface area contributed by atoms with Gasteiger partial charge >= 0.3 is 0 Å². The van der Waals surface area contributed by atoms with E-state index in [0.29, 0.717) is 11.1 Å². The van der Waals surface area contributed by atoms with E-state index in [2.05, 4.69) is 17.1 Å². The van der Waals surface area contributed by atoms with Crippen LogP contribution in [0.3, 0.4) is 0 Å². The Balaban J connectivity index is 2.26. The molecule has 0 saturated carbocycles. The van der Waals surface area contributed by atoms with Crippen LogP contribution in [0.1, 0.15) is 25.1 Å². The third kappa shape index (κ3) is 3.78. The van der Waals surface area contributed by atoms with Gasteiger partial charge in [-0.3, -0.25) is 0 Å². The maximum Gasteiger partial charge on any atom is 0.223 e. The summed E-state index contributed by atoms with van der Waals surface area (Å²) in [6.45, 7) is 4.69. The Morgan fingerprint density at radius 3 is 2.92 bits per heavy atom. The van der Waals surface area contributed by atoms with Gasteiger partial charge < -0.3 is 10.3 Å². The first-order chi connectivity index (χ1) is 6.22. The summed E-state index contributed by atoms with van der Waals surface area (Å²) in [5.74, 6) is 2.20. The number of hydrogen-bond donors (Lipinski definition) is 1. The molecule has 1 heterocycles. The Hall–Kier alpha value is -0.550. The molecule has 0 radical (unpaired) electrons. The van der Waals surface area contributed by atoms with E-state index in [1.165, 1.54) is 0 Å². The lowest BCUT2D eigenvalue weighted by molar-refractivity contribution is 0.389. The first-order valence-corrected chi connectivity index (χ1v) is 5.38. The zero-order valence-corrected chi connectivity index (χ0v) is 8.80. The van der Waals surface area contributed by atoms with Gasteiger partial charge in [0, 0.05) is 12.2 Å². The zero-order valence-electron chi connectivity index (χ0n) is 7.99. The van der Waals surface area contributed by atoms with Crippen molar-refractivity contribution in [3.63, 3.8) is 0 Å². The van der Waals surface area contributed by atoms with Gasteiger partial charge in [-0.15, -0.1) is 0 Å². The second-order valence-electron chi connectivity index (χ2n) is 2.93. The van der Waals surface area contributed by atoms with E-state index < -0.39 is 0 Å². The lowest BCUT2D eigenvalue weighted by atomic mass is 10.3. The number of aryl methyl sites for hydroxylation is 1. The van der Waals surface area contributed by atoms with Gasteiger partial charge in [-0.2, -0.15) is 16.7 Å². The van der Waals surface area contributed by atoms with E-state index in [-0.39, 0.29) is 0 Å². The van der Waals surface area contributed by atoms with Crippen molar-refractivity contribution in [3.8, 4) is 0 Å². The molecular weight excluding hydrogens is 186 g/mol. The topological polar surface area (TPSA) is 64.9 Å². The van der Waals surface area contributed by atoms with Crippen LogP contribution < -0.4 is 5.73 Å². The summed E-state index contributed by atoms with van der Waals surface area (Å²) in [6.07, 6.45) is 1.03. The molecule has 1 aromatic rings. The van der Waals surface area contributed by atoms with Crippen LogP contribution in [-0.4, -0.2) is 21.9 Å². The highest BCUT2D eigenvalue weighted by Crippen LogP contribution is 2.17. The van der Waals surface area contributed by atoms with Crippen LogP contribution in [0.25, 0.3) is 0 Å². The third-order valence-corrected chi connectivity index (χ3v) is 2.87. The summed E-state index contributed by atoms with van der Waals surface area (Å²) in [4.78, 5) is 4.11. The average molecular weight is 201 g/mol. The van der Waals surface area contributed by atoms with Gasteiger partial charge in [0.25, 0.3) is 0 Å². The van der Waals surface area contributed by atoms with Crippen molar-refractivity contribution < 1.29 is 4.52 Å². The molecule has 1 rings (SSSR count). The molecule has 0 saturated heterocycles. The number of rotatable bonds is 5. The Bertz CT molecular complexity index is 251. The highest BCUT2D eigenvalue weighted by Gasteiger charge is 2.05. The van der Waals surface area contributed by atoms with E-state index in [4.69, 9.17) is 10.3 Å². The molecule has 4 nitrogen and oxygen atoms in total. The van der Waals surface area contributed by atoms with Crippen LogP contribution >= 0.6 is 11.8 Å². The van der Waals surface area contributed by atoms with Crippen LogP contribution in [0.5, 0.6) is 0 Å². The minimum absolute atomic E-state index is 0.559. The molecule has 0 aliphatic heterocycles. The van der Waals surface area contributed by atoms with E-state index in [1.54, 1.807) is 18.7 Å². The largest absolute Gasteiger partial charge is 0.340 e. The van der Waals surface area contributed by atoms with Gasteiger partial charge in [-0.05, 0) is 13.0 Å². The Labute approximate surface area is 82.3 Å². The first-order valence-electron chi connectivity index (χ1n) is 4.33. The normalized spacial score (nSPS) is 13.2. The summed E-state index contributed by atoms with van der Waals surface area (Å²) in [5, 5.41) is 4.37. The molecule has 5 heteroatoms. The van der Waals surface area contributed by atoms with Crippen molar-refractivity contribution in [2.24, 2.45) is 5.73 Å². The van der Waals surface area contributed by atoms with E-state index in [1.807, 2.05) is 0 Å². The maximum atomic E-state index is 5.44. The molecular formula is C8H15N3OS. The molecule has 0 bridgehead atoms. The number of thioether (sulfide) groups is 1. The second kappa shape index (κ2) is 5.24. The van der Waals surface area contributed by atoms with E-state index in [9.17, 15) is 0 Å². The van der Waals surface area contributed by atoms with Crippen LogP contribution in [0.2, 0.25) is 0 Å². The quantitative estimate of drug-likeness (QED) is 0.779. The summed E-state index contributed by atoms with van der Waals surface area (Å²) in [7, 11) is 0. The van der Waals surface area contributed by atoms with Gasteiger partial charge in [-0.1, -0.05) is 12.1 Å². The Morgan fingerprint density at radius 1 is 1.62 bits per heavy atom. The molecule has 2 N–H and O–H groups in total.